The number of aromatic nitrogens is 3. The summed E-state index contributed by atoms with van der Waals surface area (Å²) in [6.45, 7) is 0.788. The molecule has 1 amide bonds. The molecule has 0 aliphatic rings. The molecule has 6 nitrogen and oxygen atoms in total. The number of anilines is 2. The van der Waals surface area contributed by atoms with Crippen LogP contribution in [0.5, 0.6) is 0 Å². The zero-order valence-corrected chi connectivity index (χ0v) is 15.9. The molecule has 2 N–H and O–H groups in total. The molecule has 0 fully saturated rings. The minimum atomic E-state index is -0.314. The summed E-state index contributed by atoms with van der Waals surface area (Å²) in [6.07, 6.45) is 6.76. The zero-order valence-electron chi connectivity index (χ0n) is 15.9. The molecule has 2 heterocycles. The highest BCUT2D eigenvalue weighted by molar-refractivity contribution is 6.07. The van der Waals surface area contributed by atoms with Gasteiger partial charge >= 0.3 is 0 Å². The second-order valence-electron chi connectivity index (χ2n) is 6.64. The van der Waals surface area contributed by atoms with E-state index in [1.165, 1.54) is 11.8 Å². The Morgan fingerprint density at radius 2 is 1.72 bits per heavy atom. The molecule has 0 bridgehead atoms. The first-order valence-electron chi connectivity index (χ1n) is 9.54. The maximum absolute atomic E-state index is 12.5. The molecule has 0 spiro atoms. The maximum atomic E-state index is 12.5. The summed E-state index contributed by atoms with van der Waals surface area (Å²) in [5.41, 5.74) is 2.97. The number of rotatable bonds is 7. The predicted octanol–water partition coefficient (Wildman–Crippen LogP) is 4.32. The molecule has 144 valence electrons. The second-order valence-corrected chi connectivity index (χ2v) is 6.64. The van der Waals surface area contributed by atoms with E-state index >= 15 is 0 Å². The lowest BCUT2D eigenvalue weighted by Crippen LogP contribution is -2.15. The number of hydrogen-bond acceptors (Lipinski definition) is 5. The van der Waals surface area contributed by atoms with Crippen LogP contribution in [-0.2, 0) is 6.42 Å². The fourth-order valence-corrected chi connectivity index (χ4v) is 3.08. The monoisotopic (exact) mass is 383 g/mol. The molecule has 0 aliphatic carbocycles. The first kappa shape index (κ1) is 18.6. The third kappa shape index (κ3) is 4.73. The van der Waals surface area contributed by atoms with Crippen molar-refractivity contribution in [3.8, 4) is 0 Å². The van der Waals surface area contributed by atoms with Crippen LogP contribution in [-0.4, -0.2) is 27.4 Å². The van der Waals surface area contributed by atoms with Crippen LogP contribution in [0.2, 0.25) is 0 Å². The lowest BCUT2D eigenvalue weighted by atomic mass is 10.1. The number of amides is 1. The van der Waals surface area contributed by atoms with Crippen LogP contribution in [0.4, 0.5) is 11.5 Å². The molecule has 0 saturated heterocycles. The molecule has 2 aromatic carbocycles. The average Bonchev–Trinajstić information content (AvgIpc) is 2.78. The molecule has 4 aromatic rings. The van der Waals surface area contributed by atoms with E-state index in [-0.39, 0.29) is 11.6 Å². The number of fused-ring (bicyclic) bond motifs is 1. The smallest absolute Gasteiger partial charge is 0.275 e. The van der Waals surface area contributed by atoms with Gasteiger partial charge in [-0.2, -0.15) is 0 Å². The summed E-state index contributed by atoms with van der Waals surface area (Å²) < 4.78 is 0. The summed E-state index contributed by atoms with van der Waals surface area (Å²) in [5.74, 6) is 0.340. The summed E-state index contributed by atoms with van der Waals surface area (Å²) in [7, 11) is 0. The number of hydrogen-bond donors (Lipinski definition) is 2. The van der Waals surface area contributed by atoms with Crippen LogP contribution < -0.4 is 10.6 Å². The molecule has 0 aliphatic heterocycles. The number of carbonyl (C=O) groups is 1. The molecule has 0 radical (unpaired) electrons. The topological polar surface area (TPSA) is 79.8 Å². The van der Waals surface area contributed by atoms with Crippen molar-refractivity contribution in [3.05, 3.63) is 90.5 Å². The third-order valence-electron chi connectivity index (χ3n) is 4.56. The van der Waals surface area contributed by atoms with Crippen molar-refractivity contribution in [2.75, 3.05) is 17.2 Å². The van der Waals surface area contributed by atoms with E-state index in [0.717, 1.165) is 30.3 Å². The van der Waals surface area contributed by atoms with E-state index in [9.17, 15) is 4.79 Å². The molecule has 0 unspecified atom stereocenters. The van der Waals surface area contributed by atoms with E-state index in [2.05, 4.69) is 37.7 Å². The van der Waals surface area contributed by atoms with Crippen molar-refractivity contribution in [2.24, 2.45) is 0 Å². The first-order valence-corrected chi connectivity index (χ1v) is 9.54. The molecule has 0 saturated carbocycles. The standard InChI is InChI=1S/C23H21N5O/c29-23(28-19-12-4-10-18-11-6-14-25-22(18)19)20-15-27-21(16-26-20)24-13-5-9-17-7-2-1-3-8-17/h1-4,6-8,10-12,14-16H,5,9,13H2,(H,24,27)(H,28,29). The van der Waals surface area contributed by atoms with E-state index < -0.39 is 0 Å². The van der Waals surface area contributed by atoms with Gasteiger partial charge in [0.05, 0.1) is 23.6 Å². The fourth-order valence-electron chi connectivity index (χ4n) is 3.08. The van der Waals surface area contributed by atoms with Gasteiger partial charge in [-0.15, -0.1) is 0 Å². The van der Waals surface area contributed by atoms with Crippen LogP contribution in [0.1, 0.15) is 22.5 Å². The van der Waals surface area contributed by atoms with E-state index in [1.54, 1.807) is 12.4 Å². The van der Waals surface area contributed by atoms with Crippen LogP contribution in [0, 0.1) is 0 Å². The van der Waals surface area contributed by atoms with Crippen molar-refractivity contribution < 1.29 is 4.79 Å². The fraction of sp³-hybridized carbons (Fsp3) is 0.130. The molecule has 6 heteroatoms. The van der Waals surface area contributed by atoms with Gasteiger partial charge in [0.25, 0.3) is 5.91 Å². The number of nitrogens with zero attached hydrogens (tertiary/aromatic N) is 3. The lowest BCUT2D eigenvalue weighted by Gasteiger charge is -2.08. The Balaban J connectivity index is 1.33. The van der Waals surface area contributed by atoms with Crippen LogP contribution >= 0.6 is 0 Å². The number of nitrogens with one attached hydrogen (secondary N) is 2. The van der Waals surface area contributed by atoms with Gasteiger partial charge < -0.3 is 10.6 Å². The minimum Gasteiger partial charge on any atom is -0.369 e. The molecular formula is C23H21N5O. The maximum Gasteiger partial charge on any atom is 0.275 e. The average molecular weight is 383 g/mol. The molecule has 0 atom stereocenters. The summed E-state index contributed by atoms with van der Waals surface area (Å²) in [6, 6.07) is 19.8. The van der Waals surface area contributed by atoms with Gasteiger partial charge in [0.1, 0.15) is 11.5 Å². The number of para-hydroxylation sites is 1. The van der Waals surface area contributed by atoms with E-state index in [0.29, 0.717) is 11.5 Å². The SMILES string of the molecule is O=C(Nc1cccc2cccnc12)c1cnc(NCCCc2ccccc2)cn1. The summed E-state index contributed by atoms with van der Waals surface area (Å²) >= 11 is 0. The van der Waals surface area contributed by atoms with Crippen molar-refractivity contribution in [2.45, 2.75) is 12.8 Å². The third-order valence-corrected chi connectivity index (χ3v) is 4.56. The molecule has 2 aromatic heterocycles. The van der Waals surface area contributed by atoms with Crippen LogP contribution in [0.25, 0.3) is 10.9 Å². The number of aryl methyl sites for hydroxylation is 1. The van der Waals surface area contributed by atoms with E-state index in [4.69, 9.17) is 0 Å². The van der Waals surface area contributed by atoms with E-state index in [1.807, 2.05) is 48.5 Å². The summed E-state index contributed by atoms with van der Waals surface area (Å²) in [4.78, 5) is 25.4. The number of carbonyl (C=O) groups excluding carboxylic acids is 1. The Morgan fingerprint density at radius 1 is 0.862 bits per heavy atom. The molecule has 4 rings (SSSR count). The lowest BCUT2D eigenvalue weighted by molar-refractivity contribution is 0.102. The normalized spacial score (nSPS) is 10.6. The number of benzene rings is 2. The highest BCUT2D eigenvalue weighted by Gasteiger charge is 2.11. The van der Waals surface area contributed by atoms with Crippen LogP contribution in [0.3, 0.4) is 0 Å². The van der Waals surface area contributed by atoms with Crippen molar-refractivity contribution in [3.63, 3.8) is 0 Å². The minimum absolute atomic E-state index is 0.257. The van der Waals surface area contributed by atoms with Gasteiger partial charge in [0.2, 0.25) is 0 Å². The zero-order chi connectivity index (χ0) is 19.9. The molecule has 29 heavy (non-hydrogen) atoms. The first-order chi connectivity index (χ1) is 14.3. The van der Waals surface area contributed by atoms with Gasteiger partial charge in [-0.3, -0.25) is 9.78 Å². The Morgan fingerprint density at radius 3 is 2.55 bits per heavy atom. The van der Waals surface area contributed by atoms with Crippen molar-refractivity contribution in [1.29, 1.82) is 0 Å². The van der Waals surface area contributed by atoms with Crippen molar-refractivity contribution >= 4 is 28.3 Å². The van der Waals surface area contributed by atoms with Gasteiger partial charge in [-0.25, -0.2) is 9.97 Å². The van der Waals surface area contributed by atoms with Gasteiger partial charge in [-0.05, 0) is 30.5 Å². The van der Waals surface area contributed by atoms with Crippen LogP contribution in [0.15, 0.2) is 79.3 Å². The quantitative estimate of drug-likeness (QED) is 0.465. The van der Waals surface area contributed by atoms with Gasteiger partial charge in [0, 0.05) is 18.1 Å². The summed E-state index contributed by atoms with van der Waals surface area (Å²) in [5, 5.41) is 7.07. The molecular weight excluding hydrogens is 362 g/mol. The second kappa shape index (κ2) is 8.93. The highest BCUT2D eigenvalue weighted by atomic mass is 16.1. The Labute approximate surface area is 169 Å². The van der Waals surface area contributed by atoms with Gasteiger partial charge in [0.15, 0.2) is 0 Å². The Bertz CT molecular complexity index is 1090. The Kier molecular flexibility index (Phi) is 5.71. The predicted molar refractivity (Wildman–Crippen MR) is 115 cm³/mol. The largest absolute Gasteiger partial charge is 0.369 e. The van der Waals surface area contributed by atoms with Gasteiger partial charge in [-0.1, -0.05) is 48.5 Å². The van der Waals surface area contributed by atoms with Crippen molar-refractivity contribution in [1.82, 2.24) is 15.0 Å². The highest BCUT2D eigenvalue weighted by Crippen LogP contribution is 2.21. The number of pyridine rings is 1. The Hall–Kier alpha value is -3.80.